The molecule has 0 radical (unpaired) electrons. The maximum atomic E-state index is 11.8. The molecule has 0 unspecified atom stereocenters. The Morgan fingerprint density at radius 2 is 1.19 bits per heavy atom. The number of aliphatic hydroxyl groups is 11. The molecule has 6 saturated heterocycles. The van der Waals surface area contributed by atoms with Crippen molar-refractivity contribution in [3.63, 3.8) is 0 Å². The maximum absolute atomic E-state index is 11.8. The molecule has 0 amide bonds. The van der Waals surface area contributed by atoms with Gasteiger partial charge in [-0.1, -0.05) is 39.3 Å². The first-order chi connectivity index (χ1) is 34.1. The van der Waals surface area contributed by atoms with Gasteiger partial charge in [0.05, 0.1) is 44.2 Å². The third-order valence-electron chi connectivity index (χ3n) is 19.8. The lowest BCUT2D eigenvalue weighted by molar-refractivity contribution is -0.398. The molecule has 3 saturated carbocycles. The molecule has 0 aromatic carbocycles. The summed E-state index contributed by atoms with van der Waals surface area (Å²) < 4.78 is 62.5. The third kappa shape index (κ3) is 9.09. The number of hydrogen-bond donors (Lipinski definition) is 11. The predicted molar refractivity (Wildman–Crippen MR) is 245 cm³/mol. The molecule has 6 aliphatic heterocycles. The first kappa shape index (κ1) is 54.3. The van der Waals surface area contributed by atoms with Crippen molar-refractivity contribution in [1.82, 2.24) is 0 Å². The minimum absolute atomic E-state index is 0.0829. The molecule has 10 aliphatic rings. The molecule has 21 heteroatoms. The van der Waals surface area contributed by atoms with Crippen LogP contribution in [0.1, 0.15) is 99.3 Å². The molecule has 72 heavy (non-hydrogen) atoms. The molecule has 10 rings (SSSR count). The van der Waals surface area contributed by atoms with Crippen molar-refractivity contribution in [2.24, 2.45) is 46.3 Å². The predicted octanol–water partition coefficient (Wildman–Crippen LogP) is -0.934. The van der Waals surface area contributed by atoms with Gasteiger partial charge in [-0.05, 0) is 106 Å². The van der Waals surface area contributed by atoms with Crippen LogP contribution in [0.4, 0.5) is 0 Å². The summed E-state index contributed by atoms with van der Waals surface area (Å²) in [5, 5.41) is 119. The molecule has 4 aliphatic carbocycles. The van der Waals surface area contributed by atoms with Crippen LogP contribution in [0.15, 0.2) is 11.6 Å². The second-order valence-corrected chi connectivity index (χ2v) is 23.9. The van der Waals surface area contributed by atoms with Crippen LogP contribution in [0.5, 0.6) is 0 Å². The van der Waals surface area contributed by atoms with Gasteiger partial charge in [0, 0.05) is 12.3 Å². The van der Waals surface area contributed by atoms with Gasteiger partial charge in [0.25, 0.3) is 0 Å². The van der Waals surface area contributed by atoms with Crippen LogP contribution in [0.25, 0.3) is 0 Å². The normalized spacial score (nSPS) is 57.8. The van der Waals surface area contributed by atoms with Crippen LogP contribution in [0.2, 0.25) is 0 Å². The van der Waals surface area contributed by atoms with E-state index in [4.69, 9.17) is 47.4 Å². The van der Waals surface area contributed by atoms with Gasteiger partial charge in [-0.15, -0.1) is 0 Å². The van der Waals surface area contributed by atoms with Gasteiger partial charge in [0.15, 0.2) is 30.9 Å². The van der Waals surface area contributed by atoms with Gasteiger partial charge >= 0.3 is 0 Å². The zero-order valence-electron chi connectivity index (χ0n) is 42.2. The average Bonchev–Trinajstić information content (AvgIpc) is 3.81. The molecule has 6 heterocycles. The second kappa shape index (κ2) is 20.6. The van der Waals surface area contributed by atoms with E-state index in [0.717, 1.165) is 51.6 Å². The molecule has 0 aromatic heterocycles. The van der Waals surface area contributed by atoms with Crippen molar-refractivity contribution in [3.8, 4) is 0 Å². The van der Waals surface area contributed by atoms with Gasteiger partial charge in [0.1, 0.15) is 85.5 Å². The molecule has 0 bridgehead atoms. The minimum Gasteiger partial charge on any atom is -0.394 e. The first-order valence-corrected chi connectivity index (χ1v) is 26.7. The molecule has 1 spiro atoms. The fraction of sp³-hybridized carbons (Fsp3) is 0.961. The van der Waals surface area contributed by atoms with E-state index in [2.05, 4.69) is 33.8 Å². The Balaban J connectivity index is 0.861. The zero-order valence-corrected chi connectivity index (χ0v) is 42.2. The van der Waals surface area contributed by atoms with E-state index in [1.165, 1.54) is 19.4 Å². The summed E-state index contributed by atoms with van der Waals surface area (Å²) in [5.41, 5.74) is 1.37. The quantitative estimate of drug-likeness (QED) is 0.118. The minimum atomic E-state index is -1.92. The van der Waals surface area contributed by atoms with E-state index >= 15 is 0 Å². The SMILES string of the molecule is C[C@H]1CC[C@@]2(OC1)O[C@@H]1C[C@@H]3[C@H]4CC=C5C[C@H](O[C@H]6O[C@@H](CO)[C@H](O)[C@@H](O[C@H]7O[C@H](C)[C@@H](O[C@@H]8O[C@H](CO)[C@@H](O)[C@H](O)[C@H]8O)[C@H](O)[C@@H]7O)[C@@H]6O[C@H]6O[C@H](C)[C@@H](O)[C@H](O)[C@@H]6O)CC[C@@]5(C)[C@@H]4CC[C@@]3(C)[C@@H]1[C@H]2C. The van der Waals surface area contributed by atoms with Crippen molar-refractivity contribution in [2.45, 2.75) is 240 Å². The summed E-state index contributed by atoms with van der Waals surface area (Å²) >= 11 is 0. The van der Waals surface area contributed by atoms with Crippen molar-refractivity contribution in [3.05, 3.63) is 11.6 Å². The van der Waals surface area contributed by atoms with E-state index in [-0.39, 0.29) is 16.9 Å². The molecule has 11 N–H and O–H groups in total. The van der Waals surface area contributed by atoms with Gasteiger partial charge < -0.3 is 104 Å². The van der Waals surface area contributed by atoms with E-state index in [9.17, 15) is 56.2 Å². The number of allylic oxidation sites excluding steroid dienone is 1. The third-order valence-corrected chi connectivity index (χ3v) is 19.8. The molecular weight excluding hydrogens is 949 g/mol. The van der Waals surface area contributed by atoms with Crippen LogP contribution >= 0.6 is 0 Å². The smallest absolute Gasteiger partial charge is 0.187 e. The maximum Gasteiger partial charge on any atom is 0.187 e. The lowest BCUT2D eigenvalue weighted by Gasteiger charge is -2.59. The number of aliphatic hydroxyl groups excluding tert-OH is 11. The molecular formula is C51H82O21. The molecule has 412 valence electrons. The summed E-state index contributed by atoms with van der Waals surface area (Å²) in [6.45, 7) is 11.8. The summed E-state index contributed by atoms with van der Waals surface area (Å²) in [4.78, 5) is 0. The lowest BCUT2D eigenvalue weighted by atomic mass is 9.47. The summed E-state index contributed by atoms with van der Waals surface area (Å²) in [6.07, 6.45) is -21.0. The van der Waals surface area contributed by atoms with Crippen LogP contribution < -0.4 is 0 Å². The van der Waals surface area contributed by atoms with Crippen molar-refractivity contribution < 1.29 is 104 Å². The standard InChI is InChI=1S/C51H82O21/c1-20-9-14-51(63-19-20)21(2)32-29(72-51)16-28-26-8-7-24-15-25(10-12-49(24,5)27(26)11-13-50(28,32)6)66-48-44(71-45-39(60)36(57)33(54)22(3)64-45)43(35(56)31(18-53)68-48)70-46-41(62)38(59)42(23(4)65-46)69-47-40(61)37(58)34(55)30(17-52)67-47/h7,20-23,25-48,52-62H,8-19H2,1-6H3/t20-,21+,22+,23+,25+,26-,27+,28+,29+,30+,31-,32+,33+,34+,35-,36-,37-,38+,39-,40+,41-,42+,43+,44-,45+,46+,47-,48-,49+,50+,51+/m0/s1. The molecule has 21 nitrogen and oxygen atoms in total. The van der Waals surface area contributed by atoms with Gasteiger partial charge in [-0.3, -0.25) is 0 Å². The second-order valence-electron chi connectivity index (χ2n) is 23.9. The Bertz CT molecular complexity index is 1900. The Kier molecular flexibility index (Phi) is 15.5. The highest BCUT2D eigenvalue weighted by atomic mass is 16.8. The van der Waals surface area contributed by atoms with Gasteiger partial charge in [-0.2, -0.15) is 0 Å². The van der Waals surface area contributed by atoms with Crippen LogP contribution in [0.3, 0.4) is 0 Å². The van der Waals surface area contributed by atoms with Crippen LogP contribution in [0, 0.1) is 46.3 Å². The van der Waals surface area contributed by atoms with Gasteiger partial charge in [-0.25, -0.2) is 0 Å². The summed E-state index contributed by atoms with van der Waals surface area (Å²) in [6, 6.07) is 0. The topological polar surface area (TPSA) is 315 Å². The van der Waals surface area contributed by atoms with Gasteiger partial charge in [0.2, 0.25) is 0 Å². The van der Waals surface area contributed by atoms with E-state index < -0.39 is 148 Å². The Morgan fingerprint density at radius 3 is 1.88 bits per heavy atom. The highest BCUT2D eigenvalue weighted by molar-refractivity contribution is 5.26. The van der Waals surface area contributed by atoms with Crippen molar-refractivity contribution in [1.29, 1.82) is 0 Å². The monoisotopic (exact) mass is 1030 g/mol. The molecule has 0 aromatic rings. The number of hydrogen-bond acceptors (Lipinski definition) is 21. The average molecular weight is 1030 g/mol. The van der Waals surface area contributed by atoms with Crippen molar-refractivity contribution in [2.75, 3.05) is 19.8 Å². The highest BCUT2D eigenvalue weighted by Crippen LogP contribution is 2.71. The number of ether oxygens (including phenoxy) is 10. The first-order valence-electron chi connectivity index (χ1n) is 26.7. The van der Waals surface area contributed by atoms with E-state index in [1.807, 2.05) is 0 Å². The lowest BCUT2D eigenvalue weighted by Crippen LogP contribution is -2.67. The molecule has 31 atom stereocenters. The summed E-state index contributed by atoms with van der Waals surface area (Å²) in [5.74, 6) is 2.36. The fourth-order valence-corrected chi connectivity index (χ4v) is 15.5. The zero-order chi connectivity index (χ0) is 51.5. The van der Waals surface area contributed by atoms with E-state index in [0.29, 0.717) is 48.3 Å². The fourth-order valence-electron chi connectivity index (χ4n) is 15.5. The highest BCUT2D eigenvalue weighted by Gasteiger charge is 2.69. The molecule has 9 fully saturated rings. The van der Waals surface area contributed by atoms with Crippen molar-refractivity contribution >= 4 is 0 Å². The number of fused-ring (bicyclic) bond motifs is 7. The number of rotatable bonds is 10. The largest absolute Gasteiger partial charge is 0.394 e. The van der Waals surface area contributed by atoms with E-state index in [1.54, 1.807) is 0 Å². The van der Waals surface area contributed by atoms with Crippen LogP contribution in [-0.4, -0.2) is 217 Å². The Hall–Kier alpha value is -1.10. The Morgan fingerprint density at radius 1 is 0.583 bits per heavy atom. The Labute approximate surface area is 420 Å². The summed E-state index contributed by atoms with van der Waals surface area (Å²) in [7, 11) is 0. The van der Waals surface area contributed by atoms with Crippen LogP contribution in [-0.2, 0) is 47.4 Å².